The maximum Gasteiger partial charge on any atom is 0.333 e. The first-order chi connectivity index (χ1) is 13.2. The number of fused-ring (bicyclic) bond motifs is 1. The number of hydrogen-bond acceptors (Lipinski definition) is 4. The molecule has 0 saturated carbocycles. The molecule has 0 spiro atoms. The Balaban J connectivity index is 1.68. The predicted octanol–water partition coefficient (Wildman–Crippen LogP) is 1.98. The minimum absolute atomic E-state index is 0.0155. The fourth-order valence-electron chi connectivity index (χ4n) is 3.08. The standard InChI is InChI=1S/C19H22N4O4S/c1-13-2-6-17(7-3-13)28(26,27)22-19(25)21-16-5-4-14-8-10-23(18(20)24)11-9-15(14)12-16/h2-7,12H,8-11H2,1H3,(H2,20,24)(H2,21,22,25). The third-order valence-electron chi connectivity index (χ3n) is 4.64. The van der Waals surface area contributed by atoms with Gasteiger partial charge >= 0.3 is 12.1 Å². The summed E-state index contributed by atoms with van der Waals surface area (Å²) in [5.41, 5.74) is 8.80. The number of hydrogen-bond donors (Lipinski definition) is 3. The molecule has 1 aliphatic heterocycles. The number of sulfonamides is 1. The van der Waals surface area contributed by atoms with Crippen molar-refractivity contribution in [2.24, 2.45) is 5.73 Å². The van der Waals surface area contributed by atoms with Crippen LogP contribution in [0.1, 0.15) is 16.7 Å². The third-order valence-corrected chi connectivity index (χ3v) is 5.98. The summed E-state index contributed by atoms with van der Waals surface area (Å²) in [5, 5.41) is 2.55. The number of nitrogens with one attached hydrogen (secondary N) is 2. The fraction of sp³-hybridized carbons (Fsp3) is 0.263. The Kier molecular flexibility index (Phi) is 5.55. The topological polar surface area (TPSA) is 122 Å². The first-order valence-corrected chi connectivity index (χ1v) is 10.3. The Labute approximate surface area is 163 Å². The number of nitrogens with two attached hydrogens (primary N) is 1. The molecule has 148 valence electrons. The Morgan fingerprint density at radius 3 is 2.29 bits per heavy atom. The van der Waals surface area contributed by atoms with Crippen LogP contribution in [0.25, 0.3) is 0 Å². The molecule has 3 rings (SSSR count). The molecule has 1 aliphatic rings. The molecule has 0 unspecified atom stereocenters. The summed E-state index contributed by atoms with van der Waals surface area (Å²) < 4.78 is 26.6. The van der Waals surface area contributed by atoms with Crippen molar-refractivity contribution in [2.75, 3.05) is 18.4 Å². The molecule has 28 heavy (non-hydrogen) atoms. The summed E-state index contributed by atoms with van der Waals surface area (Å²) in [6, 6.07) is 10.3. The van der Waals surface area contributed by atoms with E-state index in [1.165, 1.54) is 12.1 Å². The molecule has 8 nitrogen and oxygen atoms in total. The van der Waals surface area contributed by atoms with Crippen LogP contribution in [0.4, 0.5) is 15.3 Å². The van der Waals surface area contributed by atoms with Crippen LogP contribution in [0.15, 0.2) is 47.4 Å². The Hall–Kier alpha value is -3.07. The predicted molar refractivity (Wildman–Crippen MR) is 106 cm³/mol. The van der Waals surface area contributed by atoms with Crippen molar-refractivity contribution in [1.29, 1.82) is 0 Å². The molecule has 2 aromatic rings. The monoisotopic (exact) mass is 402 g/mol. The van der Waals surface area contributed by atoms with E-state index in [2.05, 4.69) is 5.32 Å². The summed E-state index contributed by atoms with van der Waals surface area (Å²) in [4.78, 5) is 25.1. The number of nitrogens with zero attached hydrogens (tertiary/aromatic N) is 1. The Morgan fingerprint density at radius 2 is 1.64 bits per heavy atom. The molecule has 4 amide bonds. The molecule has 4 N–H and O–H groups in total. The van der Waals surface area contributed by atoms with Crippen LogP contribution in [0, 0.1) is 6.92 Å². The van der Waals surface area contributed by atoms with E-state index in [9.17, 15) is 18.0 Å². The van der Waals surface area contributed by atoms with Crippen molar-refractivity contribution >= 4 is 27.8 Å². The zero-order valence-corrected chi connectivity index (χ0v) is 16.3. The van der Waals surface area contributed by atoms with E-state index in [4.69, 9.17) is 5.73 Å². The Bertz CT molecular complexity index is 1000. The number of carbonyl (C=O) groups excluding carboxylic acids is 2. The molecule has 0 aliphatic carbocycles. The normalized spacial score (nSPS) is 14.0. The van der Waals surface area contributed by atoms with Gasteiger partial charge in [0.25, 0.3) is 10.0 Å². The van der Waals surface area contributed by atoms with Gasteiger partial charge in [0.15, 0.2) is 0 Å². The average molecular weight is 402 g/mol. The second-order valence-electron chi connectivity index (χ2n) is 6.68. The zero-order valence-electron chi connectivity index (χ0n) is 15.4. The van der Waals surface area contributed by atoms with Crippen LogP contribution < -0.4 is 15.8 Å². The molecule has 1 heterocycles. The number of anilines is 1. The van der Waals surface area contributed by atoms with E-state index >= 15 is 0 Å². The van der Waals surface area contributed by atoms with Gasteiger partial charge in [-0.2, -0.15) is 0 Å². The highest BCUT2D eigenvalue weighted by atomic mass is 32.2. The fourth-order valence-corrected chi connectivity index (χ4v) is 3.99. The van der Waals surface area contributed by atoms with Crippen molar-refractivity contribution in [1.82, 2.24) is 9.62 Å². The summed E-state index contributed by atoms with van der Waals surface area (Å²) in [5.74, 6) is 0. The lowest BCUT2D eigenvalue weighted by molar-refractivity contribution is 0.210. The van der Waals surface area contributed by atoms with Crippen LogP contribution in [-0.4, -0.2) is 38.5 Å². The number of rotatable bonds is 3. The molecular formula is C19H22N4O4S. The lowest BCUT2D eigenvalue weighted by atomic mass is 10.0. The number of carbonyl (C=O) groups is 2. The average Bonchev–Trinajstić information content (AvgIpc) is 2.84. The molecule has 0 bridgehead atoms. The van der Waals surface area contributed by atoms with Crippen molar-refractivity contribution in [3.8, 4) is 0 Å². The highest BCUT2D eigenvalue weighted by molar-refractivity contribution is 7.90. The second kappa shape index (κ2) is 7.89. The van der Waals surface area contributed by atoms with Gasteiger partial charge in [0.1, 0.15) is 0 Å². The van der Waals surface area contributed by atoms with E-state index in [-0.39, 0.29) is 4.90 Å². The summed E-state index contributed by atoms with van der Waals surface area (Å²) in [7, 11) is -3.96. The first kappa shape index (κ1) is 19.7. The molecule has 0 radical (unpaired) electrons. The highest BCUT2D eigenvalue weighted by Gasteiger charge is 2.19. The van der Waals surface area contributed by atoms with Gasteiger partial charge in [0, 0.05) is 18.8 Å². The maximum absolute atomic E-state index is 12.3. The van der Waals surface area contributed by atoms with Gasteiger partial charge in [-0.05, 0) is 55.2 Å². The van der Waals surface area contributed by atoms with Crippen molar-refractivity contribution < 1.29 is 18.0 Å². The number of amides is 4. The van der Waals surface area contributed by atoms with Gasteiger partial charge < -0.3 is 16.0 Å². The van der Waals surface area contributed by atoms with Gasteiger partial charge in [-0.1, -0.05) is 23.8 Å². The minimum atomic E-state index is -3.96. The van der Waals surface area contributed by atoms with Gasteiger partial charge in [0.2, 0.25) is 0 Å². The molecule has 2 aromatic carbocycles. The molecule has 0 aromatic heterocycles. The molecular weight excluding hydrogens is 380 g/mol. The first-order valence-electron chi connectivity index (χ1n) is 8.81. The highest BCUT2D eigenvalue weighted by Crippen LogP contribution is 2.21. The molecule has 9 heteroatoms. The van der Waals surface area contributed by atoms with E-state index in [0.29, 0.717) is 31.6 Å². The summed E-state index contributed by atoms with van der Waals surface area (Å²) in [6.45, 7) is 2.89. The zero-order chi connectivity index (χ0) is 20.3. The summed E-state index contributed by atoms with van der Waals surface area (Å²) in [6.07, 6.45) is 1.28. The molecule has 0 fully saturated rings. The van der Waals surface area contributed by atoms with E-state index in [1.54, 1.807) is 29.2 Å². The SMILES string of the molecule is Cc1ccc(S(=O)(=O)NC(=O)Nc2ccc3c(c2)CCN(C(N)=O)CC3)cc1. The van der Waals surface area contributed by atoms with Crippen molar-refractivity contribution in [3.05, 3.63) is 59.2 Å². The van der Waals surface area contributed by atoms with E-state index in [1.807, 2.05) is 17.7 Å². The van der Waals surface area contributed by atoms with Gasteiger partial charge in [0.05, 0.1) is 4.90 Å². The number of urea groups is 2. The van der Waals surface area contributed by atoms with Crippen molar-refractivity contribution in [3.63, 3.8) is 0 Å². The summed E-state index contributed by atoms with van der Waals surface area (Å²) >= 11 is 0. The molecule has 0 saturated heterocycles. The smallest absolute Gasteiger partial charge is 0.333 e. The van der Waals surface area contributed by atoms with Crippen LogP contribution in [-0.2, 0) is 22.9 Å². The van der Waals surface area contributed by atoms with Crippen molar-refractivity contribution in [2.45, 2.75) is 24.7 Å². The van der Waals surface area contributed by atoms with Crippen LogP contribution >= 0.6 is 0 Å². The van der Waals surface area contributed by atoms with Crippen LogP contribution in [0.3, 0.4) is 0 Å². The largest absolute Gasteiger partial charge is 0.351 e. The lowest BCUT2D eigenvalue weighted by Gasteiger charge is -2.16. The quantitative estimate of drug-likeness (QED) is 0.727. The van der Waals surface area contributed by atoms with Gasteiger partial charge in [-0.25, -0.2) is 22.7 Å². The number of benzene rings is 2. The number of aryl methyl sites for hydroxylation is 1. The second-order valence-corrected chi connectivity index (χ2v) is 8.36. The minimum Gasteiger partial charge on any atom is -0.351 e. The van der Waals surface area contributed by atoms with E-state index < -0.39 is 22.1 Å². The lowest BCUT2D eigenvalue weighted by Crippen LogP contribution is -2.37. The van der Waals surface area contributed by atoms with Crippen LogP contribution in [0.5, 0.6) is 0 Å². The van der Waals surface area contributed by atoms with Crippen LogP contribution in [0.2, 0.25) is 0 Å². The maximum atomic E-state index is 12.3. The van der Waals surface area contributed by atoms with E-state index in [0.717, 1.165) is 16.7 Å². The molecule has 0 atom stereocenters. The third kappa shape index (κ3) is 4.61. The van der Waals surface area contributed by atoms with Gasteiger partial charge in [-0.15, -0.1) is 0 Å². The number of primary amides is 1. The van der Waals surface area contributed by atoms with Gasteiger partial charge in [-0.3, -0.25) is 0 Å². The Morgan fingerprint density at radius 1 is 1.00 bits per heavy atom.